The van der Waals surface area contributed by atoms with Crippen LogP contribution in [0.2, 0.25) is 0 Å². The van der Waals surface area contributed by atoms with E-state index in [1.165, 1.54) is 40.3 Å². The zero-order chi connectivity index (χ0) is 11.8. The van der Waals surface area contributed by atoms with Crippen molar-refractivity contribution >= 4 is 26.8 Å². The lowest BCUT2D eigenvalue weighted by atomic mass is 9.93. The fourth-order valence-electron chi connectivity index (χ4n) is 2.41. The second-order valence-corrected chi connectivity index (χ2v) is 5.73. The summed E-state index contributed by atoms with van der Waals surface area (Å²) in [5.74, 6) is 0. The average Bonchev–Trinajstić information content (AvgIpc) is 2.57. The van der Waals surface area contributed by atoms with E-state index >= 15 is 0 Å². The quantitative estimate of drug-likeness (QED) is 0.915. The molecule has 1 aromatic carbocycles. The highest BCUT2D eigenvalue weighted by Gasteiger charge is 2.17. The molecular formula is C14H17BrN2. The van der Waals surface area contributed by atoms with E-state index in [9.17, 15) is 0 Å². The van der Waals surface area contributed by atoms with Crippen LogP contribution >= 0.6 is 15.9 Å². The fourth-order valence-corrected chi connectivity index (χ4v) is 2.88. The molecule has 17 heavy (non-hydrogen) atoms. The Morgan fingerprint density at radius 3 is 2.88 bits per heavy atom. The van der Waals surface area contributed by atoms with Crippen molar-refractivity contribution in [3.05, 3.63) is 34.4 Å². The Hall–Kier alpha value is -0.800. The number of benzene rings is 1. The molecule has 90 valence electrons. The molecule has 2 aromatic rings. The van der Waals surface area contributed by atoms with Gasteiger partial charge in [-0.2, -0.15) is 0 Å². The van der Waals surface area contributed by atoms with E-state index in [0.717, 1.165) is 12.6 Å². The van der Waals surface area contributed by atoms with Gasteiger partial charge in [0, 0.05) is 40.7 Å². The van der Waals surface area contributed by atoms with Crippen LogP contribution < -0.4 is 5.32 Å². The molecule has 1 N–H and O–H groups in total. The number of hydrogen-bond acceptors (Lipinski definition) is 1. The average molecular weight is 293 g/mol. The lowest BCUT2D eigenvalue weighted by Gasteiger charge is -2.26. The summed E-state index contributed by atoms with van der Waals surface area (Å²) < 4.78 is 3.46. The number of aromatic nitrogens is 1. The van der Waals surface area contributed by atoms with Crippen molar-refractivity contribution in [2.75, 3.05) is 0 Å². The molecule has 0 radical (unpaired) electrons. The molecule has 1 aliphatic carbocycles. The maximum absolute atomic E-state index is 3.62. The number of fused-ring (bicyclic) bond motifs is 1. The van der Waals surface area contributed by atoms with Crippen LogP contribution in [0.25, 0.3) is 10.9 Å². The van der Waals surface area contributed by atoms with Crippen LogP contribution in [0.15, 0.2) is 28.7 Å². The van der Waals surface area contributed by atoms with Gasteiger partial charge in [-0.3, -0.25) is 0 Å². The maximum atomic E-state index is 3.62. The maximum Gasteiger partial charge on any atom is 0.0491 e. The molecule has 1 fully saturated rings. The molecule has 0 aliphatic heterocycles. The smallest absolute Gasteiger partial charge is 0.0491 e. The van der Waals surface area contributed by atoms with E-state index < -0.39 is 0 Å². The molecule has 0 unspecified atom stereocenters. The van der Waals surface area contributed by atoms with Gasteiger partial charge in [-0.1, -0.05) is 28.4 Å². The van der Waals surface area contributed by atoms with Gasteiger partial charge in [0.25, 0.3) is 0 Å². The highest BCUT2D eigenvalue weighted by molar-refractivity contribution is 9.10. The van der Waals surface area contributed by atoms with Gasteiger partial charge in [0.1, 0.15) is 0 Å². The van der Waals surface area contributed by atoms with Gasteiger partial charge in [-0.05, 0) is 31.0 Å². The highest BCUT2D eigenvalue weighted by Crippen LogP contribution is 2.27. The predicted molar refractivity (Wildman–Crippen MR) is 75.1 cm³/mol. The van der Waals surface area contributed by atoms with Gasteiger partial charge in [0.15, 0.2) is 0 Å². The number of hydrogen-bond donors (Lipinski definition) is 1. The van der Waals surface area contributed by atoms with Gasteiger partial charge in [-0.15, -0.1) is 0 Å². The predicted octanol–water partition coefficient (Wildman–Crippen LogP) is 3.58. The van der Waals surface area contributed by atoms with Crippen LogP contribution in [0.4, 0.5) is 0 Å². The Labute approximate surface area is 110 Å². The van der Waals surface area contributed by atoms with Gasteiger partial charge in [0.05, 0.1) is 0 Å². The summed E-state index contributed by atoms with van der Waals surface area (Å²) in [6.45, 7) is 0.974. The first-order chi connectivity index (χ1) is 8.25. The van der Waals surface area contributed by atoms with Crippen molar-refractivity contribution < 1.29 is 0 Å². The molecule has 1 aliphatic rings. The minimum absolute atomic E-state index is 0.747. The first-order valence-electron chi connectivity index (χ1n) is 6.22. The highest BCUT2D eigenvalue weighted by atomic mass is 79.9. The number of aryl methyl sites for hydroxylation is 1. The van der Waals surface area contributed by atoms with Gasteiger partial charge < -0.3 is 9.88 Å². The van der Waals surface area contributed by atoms with Crippen molar-refractivity contribution in [3.8, 4) is 0 Å². The summed E-state index contributed by atoms with van der Waals surface area (Å²) in [6, 6.07) is 9.40. The molecule has 0 amide bonds. The Morgan fingerprint density at radius 2 is 2.24 bits per heavy atom. The molecule has 1 heterocycles. The van der Waals surface area contributed by atoms with Gasteiger partial charge in [0.2, 0.25) is 0 Å². The molecule has 1 aromatic heterocycles. The first-order valence-corrected chi connectivity index (χ1v) is 7.01. The summed E-state index contributed by atoms with van der Waals surface area (Å²) in [6.07, 6.45) is 4.07. The van der Waals surface area contributed by atoms with E-state index in [1.807, 2.05) is 0 Å². The lowest BCUT2D eigenvalue weighted by Crippen LogP contribution is -2.34. The first kappa shape index (κ1) is 11.3. The minimum Gasteiger partial charge on any atom is -0.346 e. The van der Waals surface area contributed by atoms with Crippen LogP contribution in [0, 0.1) is 0 Å². The normalized spacial score (nSPS) is 16.4. The molecule has 1 saturated carbocycles. The number of nitrogens with one attached hydrogen (secondary N) is 1. The van der Waals surface area contributed by atoms with Crippen molar-refractivity contribution in [1.82, 2.24) is 9.88 Å². The summed E-state index contributed by atoms with van der Waals surface area (Å²) >= 11 is 3.62. The Morgan fingerprint density at radius 1 is 1.41 bits per heavy atom. The lowest BCUT2D eigenvalue weighted by molar-refractivity contribution is 0.336. The fraction of sp³-hybridized carbons (Fsp3) is 0.429. The molecule has 3 rings (SSSR count). The van der Waals surface area contributed by atoms with Crippen LogP contribution in [0.3, 0.4) is 0 Å². The Kier molecular flexibility index (Phi) is 2.97. The molecule has 0 atom stereocenters. The standard InChI is InChI=1S/C14H17BrN2/c1-17-11(9-16-10-4-2-5-10)8-12-13(15)6-3-7-14(12)17/h3,6-8,10,16H,2,4-5,9H2,1H3. The van der Waals surface area contributed by atoms with Crippen LogP contribution in [0.1, 0.15) is 25.0 Å². The molecule has 2 nitrogen and oxygen atoms in total. The zero-order valence-corrected chi connectivity index (χ0v) is 11.6. The summed E-state index contributed by atoms with van der Waals surface area (Å²) in [7, 11) is 2.15. The Bertz CT molecular complexity index is 540. The molecule has 3 heteroatoms. The van der Waals surface area contributed by atoms with E-state index in [2.05, 4.69) is 57.1 Å². The third kappa shape index (κ3) is 2.02. The topological polar surface area (TPSA) is 17.0 Å². The van der Waals surface area contributed by atoms with E-state index in [-0.39, 0.29) is 0 Å². The summed E-state index contributed by atoms with van der Waals surface area (Å²) in [5, 5.41) is 4.93. The molecular weight excluding hydrogens is 276 g/mol. The van der Waals surface area contributed by atoms with Gasteiger partial charge >= 0.3 is 0 Å². The third-order valence-electron chi connectivity index (χ3n) is 3.81. The second kappa shape index (κ2) is 4.46. The third-order valence-corrected chi connectivity index (χ3v) is 4.50. The monoisotopic (exact) mass is 292 g/mol. The molecule has 0 spiro atoms. The molecule has 0 saturated heterocycles. The van der Waals surface area contributed by atoms with Crippen molar-refractivity contribution in [1.29, 1.82) is 0 Å². The number of halogens is 1. The number of rotatable bonds is 3. The van der Waals surface area contributed by atoms with Crippen molar-refractivity contribution in [2.45, 2.75) is 31.8 Å². The van der Waals surface area contributed by atoms with Crippen molar-refractivity contribution in [2.24, 2.45) is 7.05 Å². The SMILES string of the molecule is Cn1c(CNC2CCC2)cc2c(Br)cccc21. The second-order valence-electron chi connectivity index (χ2n) is 4.88. The van der Waals surface area contributed by atoms with Crippen LogP contribution in [-0.2, 0) is 13.6 Å². The van der Waals surface area contributed by atoms with Gasteiger partial charge in [-0.25, -0.2) is 0 Å². The summed E-state index contributed by atoms with van der Waals surface area (Å²) in [5.41, 5.74) is 2.66. The van der Waals surface area contributed by atoms with E-state index in [1.54, 1.807) is 0 Å². The van der Waals surface area contributed by atoms with Crippen molar-refractivity contribution in [3.63, 3.8) is 0 Å². The largest absolute Gasteiger partial charge is 0.346 e. The Balaban J connectivity index is 1.88. The van der Waals surface area contributed by atoms with E-state index in [0.29, 0.717) is 0 Å². The minimum atomic E-state index is 0.747. The molecule has 0 bridgehead atoms. The summed E-state index contributed by atoms with van der Waals surface area (Å²) in [4.78, 5) is 0. The number of nitrogens with zero attached hydrogens (tertiary/aromatic N) is 1. The zero-order valence-electron chi connectivity index (χ0n) is 10.0. The van der Waals surface area contributed by atoms with Crippen LogP contribution in [0.5, 0.6) is 0 Å². The van der Waals surface area contributed by atoms with E-state index in [4.69, 9.17) is 0 Å². The van der Waals surface area contributed by atoms with Crippen LogP contribution in [-0.4, -0.2) is 10.6 Å².